The van der Waals surface area contributed by atoms with Gasteiger partial charge in [0, 0.05) is 32.4 Å². The predicted octanol–water partition coefficient (Wildman–Crippen LogP) is -1.19. The predicted molar refractivity (Wildman–Crippen MR) is 86.6 cm³/mol. The van der Waals surface area contributed by atoms with Crippen LogP contribution in [0, 0.1) is 11.8 Å². The van der Waals surface area contributed by atoms with Crippen molar-refractivity contribution in [2.24, 2.45) is 11.8 Å². The van der Waals surface area contributed by atoms with Crippen molar-refractivity contribution in [1.29, 1.82) is 0 Å². The van der Waals surface area contributed by atoms with Crippen LogP contribution < -0.4 is 10.6 Å². The van der Waals surface area contributed by atoms with E-state index in [1.807, 2.05) is 10.6 Å². The summed E-state index contributed by atoms with van der Waals surface area (Å²) in [5.41, 5.74) is 0.269. The van der Waals surface area contributed by atoms with Crippen molar-refractivity contribution in [3.8, 4) is 0 Å². The standard InChI is InChI=1S/C16H15N5O6/c1-20-13(24)9(11(22)18-15(20)26)8(7-4-3-5-17-6-7)10-12(23)19-16(27)21(2)14(10)25/h3-6,8-10H,1-2H3,(H,18,22,26)(H,19,23,27). The summed E-state index contributed by atoms with van der Waals surface area (Å²) in [6.07, 6.45) is 2.76. The molecule has 2 saturated heterocycles. The summed E-state index contributed by atoms with van der Waals surface area (Å²) in [5.74, 6) is -7.91. The molecular weight excluding hydrogens is 358 g/mol. The first-order valence-electron chi connectivity index (χ1n) is 7.88. The summed E-state index contributed by atoms with van der Waals surface area (Å²) in [6, 6.07) is 1.21. The van der Waals surface area contributed by atoms with Gasteiger partial charge in [-0.25, -0.2) is 9.59 Å². The molecule has 27 heavy (non-hydrogen) atoms. The monoisotopic (exact) mass is 373 g/mol. The minimum absolute atomic E-state index is 0.269. The zero-order valence-corrected chi connectivity index (χ0v) is 14.3. The topological polar surface area (TPSA) is 146 Å². The Morgan fingerprint density at radius 3 is 1.78 bits per heavy atom. The number of hydrogen-bond donors (Lipinski definition) is 2. The number of imide groups is 4. The van der Waals surface area contributed by atoms with Gasteiger partial charge in [0.05, 0.1) is 0 Å². The van der Waals surface area contributed by atoms with Crippen LogP contribution in [0.1, 0.15) is 11.5 Å². The van der Waals surface area contributed by atoms with Gasteiger partial charge >= 0.3 is 12.1 Å². The molecule has 3 heterocycles. The van der Waals surface area contributed by atoms with Crippen molar-refractivity contribution < 1.29 is 28.8 Å². The molecule has 2 N–H and O–H groups in total. The Balaban J connectivity index is 2.13. The molecule has 0 aromatic carbocycles. The molecule has 8 amide bonds. The summed E-state index contributed by atoms with van der Waals surface area (Å²) < 4.78 is 0. The van der Waals surface area contributed by atoms with E-state index in [9.17, 15) is 28.8 Å². The Labute approximate surface area is 152 Å². The highest BCUT2D eigenvalue weighted by Gasteiger charge is 2.53. The number of nitrogens with one attached hydrogen (secondary N) is 2. The van der Waals surface area contributed by atoms with Gasteiger partial charge in [-0.1, -0.05) is 6.07 Å². The zero-order chi connectivity index (χ0) is 19.9. The van der Waals surface area contributed by atoms with E-state index in [0.29, 0.717) is 9.80 Å². The number of nitrogens with zero attached hydrogens (tertiary/aromatic N) is 3. The molecule has 0 saturated carbocycles. The second-order valence-electron chi connectivity index (χ2n) is 6.15. The summed E-state index contributed by atoms with van der Waals surface area (Å²) in [5, 5.41) is 4.06. The van der Waals surface area contributed by atoms with Crippen LogP contribution in [0.15, 0.2) is 24.5 Å². The first kappa shape index (κ1) is 18.2. The lowest BCUT2D eigenvalue weighted by molar-refractivity contribution is -0.147. The fraction of sp³-hybridized carbons (Fsp3) is 0.312. The van der Waals surface area contributed by atoms with Gasteiger partial charge in [0.25, 0.3) is 0 Å². The van der Waals surface area contributed by atoms with Gasteiger partial charge in [0.15, 0.2) is 0 Å². The minimum atomic E-state index is -1.53. The highest BCUT2D eigenvalue weighted by molar-refractivity contribution is 6.20. The second-order valence-corrected chi connectivity index (χ2v) is 6.15. The molecule has 1 aromatic heterocycles. The maximum absolute atomic E-state index is 12.7. The summed E-state index contributed by atoms with van der Waals surface area (Å²) in [4.78, 5) is 78.9. The zero-order valence-electron chi connectivity index (χ0n) is 14.3. The van der Waals surface area contributed by atoms with E-state index >= 15 is 0 Å². The summed E-state index contributed by atoms with van der Waals surface area (Å²) >= 11 is 0. The molecule has 2 fully saturated rings. The van der Waals surface area contributed by atoms with Crippen LogP contribution in [0.5, 0.6) is 0 Å². The third-order valence-electron chi connectivity index (χ3n) is 4.62. The van der Waals surface area contributed by atoms with E-state index in [4.69, 9.17) is 0 Å². The number of urea groups is 2. The van der Waals surface area contributed by atoms with Crippen molar-refractivity contribution in [2.45, 2.75) is 5.92 Å². The Bertz CT molecular complexity index is 817. The fourth-order valence-electron chi connectivity index (χ4n) is 3.16. The molecule has 11 nitrogen and oxygen atoms in total. The van der Waals surface area contributed by atoms with Crippen molar-refractivity contribution in [1.82, 2.24) is 25.4 Å². The lowest BCUT2D eigenvalue weighted by atomic mass is 9.74. The summed E-state index contributed by atoms with van der Waals surface area (Å²) in [7, 11) is 2.35. The third-order valence-corrected chi connectivity index (χ3v) is 4.62. The normalized spacial score (nSPS) is 24.7. The van der Waals surface area contributed by atoms with Gasteiger partial charge < -0.3 is 0 Å². The van der Waals surface area contributed by atoms with Crippen molar-refractivity contribution in [3.05, 3.63) is 30.1 Å². The van der Waals surface area contributed by atoms with Crippen LogP contribution in [-0.2, 0) is 19.2 Å². The molecule has 2 aliphatic heterocycles. The van der Waals surface area contributed by atoms with Gasteiger partial charge in [0.1, 0.15) is 11.8 Å². The van der Waals surface area contributed by atoms with Crippen LogP contribution >= 0.6 is 0 Å². The van der Waals surface area contributed by atoms with E-state index in [2.05, 4.69) is 4.98 Å². The van der Waals surface area contributed by atoms with Crippen molar-refractivity contribution >= 4 is 35.7 Å². The third kappa shape index (κ3) is 2.92. The molecular formula is C16H15N5O6. The highest BCUT2D eigenvalue weighted by Crippen LogP contribution is 2.37. The number of carbonyl (C=O) groups excluding carboxylic acids is 6. The van der Waals surface area contributed by atoms with E-state index in [0.717, 1.165) is 0 Å². The number of aromatic nitrogens is 1. The molecule has 2 atom stereocenters. The van der Waals surface area contributed by atoms with Crippen LogP contribution in [0.2, 0.25) is 0 Å². The molecule has 1 aromatic rings. The molecule has 2 aliphatic rings. The van der Waals surface area contributed by atoms with E-state index in [1.54, 1.807) is 0 Å². The van der Waals surface area contributed by atoms with E-state index in [1.165, 1.54) is 38.6 Å². The maximum atomic E-state index is 12.7. The van der Waals surface area contributed by atoms with Gasteiger partial charge in [0.2, 0.25) is 23.6 Å². The fourth-order valence-corrected chi connectivity index (χ4v) is 3.16. The minimum Gasteiger partial charge on any atom is -0.277 e. The van der Waals surface area contributed by atoms with E-state index in [-0.39, 0.29) is 5.56 Å². The number of hydrogen-bond acceptors (Lipinski definition) is 7. The van der Waals surface area contributed by atoms with E-state index < -0.39 is 53.4 Å². The number of barbiturate groups is 2. The summed E-state index contributed by atoms with van der Waals surface area (Å²) in [6.45, 7) is 0. The molecule has 0 spiro atoms. The first-order chi connectivity index (χ1) is 12.7. The average Bonchev–Trinajstić information content (AvgIpc) is 2.64. The Hall–Kier alpha value is -3.63. The van der Waals surface area contributed by atoms with Gasteiger partial charge in [-0.2, -0.15) is 0 Å². The highest BCUT2D eigenvalue weighted by atomic mass is 16.2. The molecule has 2 unspecified atom stereocenters. The Morgan fingerprint density at radius 2 is 1.37 bits per heavy atom. The number of amides is 8. The second kappa shape index (κ2) is 6.59. The van der Waals surface area contributed by atoms with Crippen LogP contribution in [0.3, 0.4) is 0 Å². The molecule has 11 heteroatoms. The largest absolute Gasteiger partial charge is 0.330 e. The van der Waals surface area contributed by atoms with Crippen molar-refractivity contribution in [3.63, 3.8) is 0 Å². The lowest BCUT2D eigenvalue weighted by Crippen LogP contribution is -2.63. The Morgan fingerprint density at radius 1 is 0.889 bits per heavy atom. The smallest absolute Gasteiger partial charge is 0.277 e. The number of rotatable bonds is 3. The average molecular weight is 373 g/mol. The lowest BCUT2D eigenvalue weighted by Gasteiger charge is -2.37. The molecule has 3 rings (SSSR count). The van der Waals surface area contributed by atoms with Gasteiger partial charge in [-0.05, 0) is 11.6 Å². The van der Waals surface area contributed by atoms with Crippen LogP contribution in [0.25, 0.3) is 0 Å². The number of carbonyl (C=O) groups is 6. The quantitative estimate of drug-likeness (QED) is 0.634. The SMILES string of the molecule is CN1C(=O)NC(=O)C(C(c2cccnc2)C2C(=O)NC(=O)N(C)C2=O)C1=O. The molecule has 0 radical (unpaired) electrons. The molecule has 140 valence electrons. The first-order valence-corrected chi connectivity index (χ1v) is 7.88. The molecule has 0 bridgehead atoms. The number of pyridine rings is 1. The van der Waals surface area contributed by atoms with Gasteiger partial charge in [-0.3, -0.25) is 44.6 Å². The van der Waals surface area contributed by atoms with Gasteiger partial charge in [-0.15, -0.1) is 0 Å². The maximum Gasteiger partial charge on any atom is 0.330 e. The molecule has 0 aliphatic carbocycles. The van der Waals surface area contributed by atoms with Crippen molar-refractivity contribution in [2.75, 3.05) is 14.1 Å². The Kier molecular flexibility index (Phi) is 4.44. The van der Waals surface area contributed by atoms with Crippen LogP contribution in [0.4, 0.5) is 9.59 Å². The van der Waals surface area contributed by atoms with Crippen LogP contribution in [-0.4, -0.2) is 64.6 Å².